The molecule has 4 atom stereocenters. The van der Waals surface area contributed by atoms with Gasteiger partial charge in [-0.25, -0.2) is 4.39 Å². The fraction of sp³-hybridized carbons (Fsp3) is 0.750. The quantitative estimate of drug-likeness (QED) is 0.170. The molecule has 2 aliphatic carbocycles. The van der Waals surface area contributed by atoms with Crippen molar-refractivity contribution in [3.8, 4) is 0 Å². The second-order valence-electron chi connectivity index (χ2n) is 9.00. The lowest BCUT2D eigenvalue weighted by atomic mass is 9.84. The fourth-order valence-corrected chi connectivity index (χ4v) is 4.92. The van der Waals surface area contributed by atoms with Gasteiger partial charge in [0.25, 0.3) is 0 Å². The smallest absolute Gasteiger partial charge is 0.303 e. The molecule has 0 aromatic rings. The Kier molecular flexibility index (Phi) is 11.2. The van der Waals surface area contributed by atoms with E-state index in [1.807, 2.05) is 6.08 Å². The van der Waals surface area contributed by atoms with Gasteiger partial charge in [-0.15, -0.1) is 0 Å². The Morgan fingerprint density at radius 3 is 2.65 bits per heavy atom. The predicted molar refractivity (Wildman–Crippen MR) is 118 cm³/mol. The molecular formula is C24H38FNO5. The highest BCUT2D eigenvalue weighted by molar-refractivity contribution is 5.89. The molecule has 7 heteroatoms. The number of aliphatic hydroxyl groups excluding tert-OH is 2. The van der Waals surface area contributed by atoms with Crippen LogP contribution in [0.3, 0.4) is 0 Å². The molecule has 0 saturated heterocycles. The average Bonchev–Trinajstić information content (AvgIpc) is 3.04. The topological polar surface area (TPSA) is 110 Å². The molecule has 176 valence electrons. The van der Waals surface area contributed by atoms with Crippen LogP contribution in [0.4, 0.5) is 4.39 Å². The van der Waals surface area contributed by atoms with Gasteiger partial charge in [0.05, 0.1) is 17.9 Å². The second kappa shape index (κ2) is 13.6. The van der Waals surface area contributed by atoms with Crippen LogP contribution in [-0.4, -0.2) is 44.4 Å². The Hall–Kier alpha value is -1.73. The number of rotatable bonds is 14. The van der Waals surface area contributed by atoms with Crippen molar-refractivity contribution in [3.05, 3.63) is 23.6 Å². The average molecular weight is 440 g/mol. The van der Waals surface area contributed by atoms with E-state index in [2.05, 4.69) is 5.16 Å². The van der Waals surface area contributed by atoms with Crippen LogP contribution in [0.15, 0.2) is 28.7 Å². The van der Waals surface area contributed by atoms with Gasteiger partial charge in [0.2, 0.25) is 0 Å². The van der Waals surface area contributed by atoms with Crippen molar-refractivity contribution in [1.82, 2.24) is 0 Å². The number of carboxylic acids is 1. The van der Waals surface area contributed by atoms with Crippen LogP contribution in [0.1, 0.15) is 89.9 Å². The number of nitrogens with zero attached hydrogens (tertiary/aromatic N) is 1. The summed E-state index contributed by atoms with van der Waals surface area (Å²) >= 11 is 0. The Balaban J connectivity index is 1.73. The predicted octanol–water partition coefficient (Wildman–Crippen LogP) is 5.12. The summed E-state index contributed by atoms with van der Waals surface area (Å²) in [6.45, 7) is 0. The Labute approximate surface area is 184 Å². The summed E-state index contributed by atoms with van der Waals surface area (Å²) in [5.74, 6) is -0.940. The number of hydrogen-bond donors (Lipinski definition) is 4. The van der Waals surface area contributed by atoms with Gasteiger partial charge in [-0.3, -0.25) is 4.79 Å². The van der Waals surface area contributed by atoms with Gasteiger partial charge >= 0.3 is 5.97 Å². The van der Waals surface area contributed by atoms with Gasteiger partial charge in [-0.2, -0.15) is 0 Å². The van der Waals surface area contributed by atoms with E-state index < -0.39 is 18.2 Å². The van der Waals surface area contributed by atoms with Crippen LogP contribution < -0.4 is 0 Å². The second-order valence-corrected chi connectivity index (χ2v) is 9.00. The van der Waals surface area contributed by atoms with Crippen molar-refractivity contribution in [2.75, 3.05) is 0 Å². The van der Waals surface area contributed by atoms with Crippen LogP contribution in [-0.2, 0) is 4.79 Å². The summed E-state index contributed by atoms with van der Waals surface area (Å²) < 4.78 is 13.7. The summed E-state index contributed by atoms with van der Waals surface area (Å²) in [4.78, 5) is 10.6. The van der Waals surface area contributed by atoms with Crippen molar-refractivity contribution in [1.29, 1.82) is 0 Å². The zero-order valence-corrected chi connectivity index (χ0v) is 18.4. The lowest BCUT2D eigenvalue weighted by Gasteiger charge is -2.23. The summed E-state index contributed by atoms with van der Waals surface area (Å²) in [6.07, 6.45) is 11.9. The standard InChI is InChI=1S/C24H38FNO5/c25-21-12-6-5-8-17(21)9-7-10-18(27)14-15-19-20(23(28)16-22(19)26-31)11-3-1-2-4-13-24(29)30/h6,12,18-20,23,27-28,31H,1-5,7-11,13-16H2,(H,29,30)/b26-22-/t18-,19?,20+,23-/m0/s1. The van der Waals surface area contributed by atoms with E-state index in [0.717, 1.165) is 50.5 Å². The number of oxime groups is 1. The normalized spacial score (nSPS) is 26.0. The van der Waals surface area contributed by atoms with Gasteiger partial charge in [-0.05, 0) is 75.4 Å². The number of carbonyl (C=O) groups is 1. The molecule has 0 aromatic heterocycles. The number of allylic oxidation sites excluding steroid dienone is 4. The molecule has 2 aliphatic rings. The molecule has 4 N–H and O–H groups in total. The molecule has 0 aromatic carbocycles. The van der Waals surface area contributed by atoms with Gasteiger partial charge in [0.15, 0.2) is 0 Å². The molecule has 0 aliphatic heterocycles. The number of aliphatic carboxylic acids is 1. The maximum atomic E-state index is 13.7. The molecule has 6 nitrogen and oxygen atoms in total. The molecule has 31 heavy (non-hydrogen) atoms. The summed E-state index contributed by atoms with van der Waals surface area (Å²) in [5.41, 5.74) is 1.45. The molecule has 2 rings (SSSR count). The number of hydrogen-bond acceptors (Lipinski definition) is 5. The molecular weight excluding hydrogens is 401 g/mol. The van der Waals surface area contributed by atoms with Crippen molar-refractivity contribution in [2.24, 2.45) is 17.0 Å². The molecule has 1 fully saturated rings. The van der Waals surface area contributed by atoms with Crippen molar-refractivity contribution < 1.29 is 29.7 Å². The highest BCUT2D eigenvalue weighted by Gasteiger charge is 2.39. The number of unbranched alkanes of at least 4 members (excludes halogenated alkanes) is 3. The SMILES string of the molecule is O=C(O)CCCCCC[C@@H]1C(CC[C@@H](O)CCCC2=C(F)C=CCC2)/C(=N\O)C[C@@H]1O. The van der Waals surface area contributed by atoms with E-state index in [1.54, 1.807) is 0 Å². The largest absolute Gasteiger partial charge is 0.481 e. The monoisotopic (exact) mass is 439 g/mol. The van der Waals surface area contributed by atoms with Crippen LogP contribution >= 0.6 is 0 Å². The minimum absolute atomic E-state index is 0.00542. The third-order valence-electron chi connectivity index (χ3n) is 6.71. The van der Waals surface area contributed by atoms with Gasteiger partial charge in [-0.1, -0.05) is 30.5 Å². The van der Waals surface area contributed by atoms with Gasteiger partial charge in [0.1, 0.15) is 5.83 Å². The molecule has 1 unspecified atom stereocenters. The zero-order chi connectivity index (χ0) is 22.6. The van der Waals surface area contributed by atoms with Crippen LogP contribution in [0.2, 0.25) is 0 Å². The molecule has 0 heterocycles. The number of halogens is 1. The van der Waals surface area contributed by atoms with Gasteiger partial charge in [0, 0.05) is 18.8 Å². The number of aliphatic hydroxyl groups is 2. The first-order valence-electron chi connectivity index (χ1n) is 11.7. The highest BCUT2D eigenvalue weighted by Crippen LogP contribution is 2.37. The molecule has 0 amide bonds. The van der Waals surface area contributed by atoms with Crippen LogP contribution in [0.5, 0.6) is 0 Å². The third kappa shape index (κ3) is 8.73. The van der Waals surface area contributed by atoms with E-state index in [-0.39, 0.29) is 24.1 Å². The first-order valence-corrected chi connectivity index (χ1v) is 11.7. The highest BCUT2D eigenvalue weighted by atomic mass is 19.1. The lowest BCUT2D eigenvalue weighted by Crippen LogP contribution is -2.22. The Morgan fingerprint density at radius 1 is 1.16 bits per heavy atom. The molecule has 1 saturated carbocycles. The Morgan fingerprint density at radius 2 is 1.94 bits per heavy atom. The maximum Gasteiger partial charge on any atom is 0.303 e. The summed E-state index contributed by atoms with van der Waals surface area (Å²) in [5, 5.41) is 42.3. The first-order chi connectivity index (χ1) is 14.9. The lowest BCUT2D eigenvalue weighted by molar-refractivity contribution is -0.137. The van der Waals surface area contributed by atoms with Crippen molar-refractivity contribution in [2.45, 2.75) is 102 Å². The van der Waals surface area contributed by atoms with Crippen molar-refractivity contribution in [3.63, 3.8) is 0 Å². The van der Waals surface area contributed by atoms with E-state index >= 15 is 0 Å². The third-order valence-corrected chi connectivity index (χ3v) is 6.71. The molecule has 0 spiro atoms. The van der Waals surface area contributed by atoms with E-state index in [4.69, 9.17) is 5.11 Å². The first kappa shape index (κ1) is 25.5. The zero-order valence-electron chi connectivity index (χ0n) is 18.4. The van der Waals surface area contributed by atoms with E-state index in [9.17, 15) is 24.6 Å². The Bertz CT molecular complexity index is 660. The van der Waals surface area contributed by atoms with Crippen LogP contribution in [0, 0.1) is 11.8 Å². The van der Waals surface area contributed by atoms with Crippen LogP contribution in [0.25, 0.3) is 0 Å². The fourth-order valence-electron chi connectivity index (χ4n) is 4.92. The summed E-state index contributed by atoms with van der Waals surface area (Å²) in [7, 11) is 0. The summed E-state index contributed by atoms with van der Waals surface area (Å²) in [6, 6.07) is 0. The minimum Gasteiger partial charge on any atom is -0.481 e. The van der Waals surface area contributed by atoms with Gasteiger partial charge < -0.3 is 20.5 Å². The minimum atomic E-state index is -0.772. The molecule has 0 bridgehead atoms. The van der Waals surface area contributed by atoms with E-state index in [0.29, 0.717) is 44.2 Å². The molecule has 0 radical (unpaired) electrons. The van der Waals surface area contributed by atoms with E-state index in [1.165, 1.54) is 6.08 Å². The maximum absolute atomic E-state index is 13.7. The number of carboxylic acid groups (broad SMARTS) is 1. The van der Waals surface area contributed by atoms with Crippen molar-refractivity contribution >= 4 is 11.7 Å².